The second-order valence-corrected chi connectivity index (χ2v) is 8.71. The van der Waals surface area contributed by atoms with Gasteiger partial charge in [-0.15, -0.1) is 11.8 Å². The van der Waals surface area contributed by atoms with Crippen LogP contribution in [0.2, 0.25) is 0 Å². The first kappa shape index (κ1) is 21.3. The van der Waals surface area contributed by atoms with Gasteiger partial charge in [0, 0.05) is 18.5 Å². The SMILES string of the molecule is CCOc1ccc(CNC(=O)CN(C)S(=O)(=O)c2ccc(SC)cc2)cc1. The third-order valence-electron chi connectivity index (χ3n) is 3.86. The molecule has 0 saturated carbocycles. The van der Waals surface area contributed by atoms with Gasteiger partial charge >= 0.3 is 0 Å². The molecule has 0 bridgehead atoms. The zero-order chi connectivity index (χ0) is 19.9. The molecule has 6 nitrogen and oxygen atoms in total. The van der Waals surface area contributed by atoms with Crippen LogP contribution in [-0.2, 0) is 21.4 Å². The number of ether oxygens (including phenoxy) is 1. The second kappa shape index (κ2) is 9.77. The average Bonchev–Trinajstić information content (AvgIpc) is 2.67. The average molecular weight is 409 g/mol. The highest BCUT2D eigenvalue weighted by molar-refractivity contribution is 7.98. The van der Waals surface area contributed by atoms with E-state index in [0.717, 1.165) is 20.5 Å². The molecule has 8 heteroatoms. The Bertz CT molecular complexity index is 850. The van der Waals surface area contributed by atoms with Gasteiger partial charge in [0.1, 0.15) is 5.75 Å². The van der Waals surface area contributed by atoms with E-state index in [1.165, 1.54) is 18.8 Å². The van der Waals surface area contributed by atoms with E-state index in [1.807, 2.05) is 37.4 Å². The molecule has 0 fully saturated rings. The molecule has 0 aliphatic heterocycles. The molecule has 0 aliphatic rings. The molecule has 0 unspecified atom stereocenters. The summed E-state index contributed by atoms with van der Waals surface area (Å²) in [5.74, 6) is 0.404. The Morgan fingerprint density at radius 1 is 1.11 bits per heavy atom. The summed E-state index contributed by atoms with van der Waals surface area (Å²) >= 11 is 1.53. The van der Waals surface area contributed by atoms with E-state index in [1.54, 1.807) is 24.3 Å². The number of nitrogens with one attached hydrogen (secondary N) is 1. The minimum Gasteiger partial charge on any atom is -0.494 e. The van der Waals surface area contributed by atoms with Gasteiger partial charge in [-0.3, -0.25) is 4.79 Å². The molecule has 0 heterocycles. The number of nitrogens with zero attached hydrogens (tertiary/aromatic N) is 1. The summed E-state index contributed by atoms with van der Waals surface area (Å²) in [6.45, 7) is 2.58. The number of carbonyl (C=O) groups is 1. The van der Waals surface area contributed by atoms with Crippen molar-refractivity contribution in [1.82, 2.24) is 9.62 Å². The quantitative estimate of drug-likeness (QED) is 0.646. The van der Waals surface area contributed by atoms with Gasteiger partial charge in [-0.2, -0.15) is 4.31 Å². The van der Waals surface area contributed by atoms with Crippen LogP contribution in [0.15, 0.2) is 58.3 Å². The number of hydrogen-bond acceptors (Lipinski definition) is 5. The smallest absolute Gasteiger partial charge is 0.243 e. The van der Waals surface area contributed by atoms with E-state index in [2.05, 4.69) is 5.32 Å². The number of sulfonamides is 1. The van der Waals surface area contributed by atoms with Crippen LogP contribution in [0.5, 0.6) is 5.75 Å². The van der Waals surface area contributed by atoms with E-state index >= 15 is 0 Å². The monoisotopic (exact) mass is 408 g/mol. The zero-order valence-corrected chi connectivity index (χ0v) is 17.3. The molecular formula is C19H24N2O4S2. The molecule has 1 N–H and O–H groups in total. The van der Waals surface area contributed by atoms with Crippen LogP contribution >= 0.6 is 11.8 Å². The van der Waals surface area contributed by atoms with Crippen molar-refractivity contribution in [2.45, 2.75) is 23.3 Å². The van der Waals surface area contributed by atoms with E-state index < -0.39 is 10.0 Å². The third kappa shape index (κ3) is 5.98. The van der Waals surface area contributed by atoms with Gasteiger partial charge in [0.05, 0.1) is 18.0 Å². The maximum absolute atomic E-state index is 12.6. The van der Waals surface area contributed by atoms with Gasteiger partial charge < -0.3 is 10.1 Å². The second-order valence-electron chi connectivity index (χ2n) is 5.79. The van der Waals surface area contributed by atoms with Crippen LogP contribution in [0.4, 0.5) is 0 Å². The first-order chi connectivity index (χ1) is 12.9. The highest BCUT2D eigenvalue weighted by Crippen LogP contribution is 2.19. The van der Waals surface area contributed by atoms with Gasteiger partial charge in [0.2, 0.25) is 15.9 Å². The van der Waals surface area contributed by atoms with Crippen molar-refractivity contribution >= 4 is 27.7 Å². The van der Waals surface area contributed by atoms with Crippen LogP contribution in [0.25, 0.3) is 0 Å². The molecule has 0 radical (unpaired) electrons. The summed E-state index contributed by atoms with van der Waals surface area (Å²) in [7, 11) is -2.31. The van der Waals surface area contributed by atoms with Crippen LogP contribution in [0.1, 0.15) is 12.5 Å². The van der Waals surface area contributed by atoms with Gasteiger partial charge in [-0.05, 0) is 55.1 Å². The lowest BCUT2D eigenvalue weighted by Gasteiger charge is -2.17. The van der Waals surface area contributed by atoms with Crippen LogP contribution in [0, 0.1) is 0 Å². The van der Waals surface area contributed by atoms with Crippen LogP contribution in [-0.4, -0.2) is 45.1 Å². The molecule has 1 amide bonds. The molecule has 2 aromatic carbocycles. The largest absolute Gasteiger partial charge is 0.494 e. The Balaban J connectivity index is 1.91. The molecule has 146 valence electrons. The van der Waals surface area contributed by atoms with E-state index in [-0.39, 0.29) is 17.3 Å². The minimum absolute atomic E-state index is 0.169. The molecule has 27 heavy (non-hydrogen) atoms. The van der Waals surface area contributed by atoms with Crippen molar-refractivity contribution in [1.29, 1.82) is 0 Å². The number of rotatable bonds is 9. The van der Waals surface area contributed by atoms with Gasteiger partial charge in [-0.1, -0.05) is 12.1 Å². The number of amides is 1. The summed E-state index contributed by atoms with van der Waals surface area (Å²) in [5, 5.41) is 2.73. The van der Waals surface area contributed by atoms with Crippen molar-refractivity contribution in [3.05, 3.63) is 54.1 Å². The molecule has 2 rings (SSSR count). The van der Waals surface area contributed by atoms with Gasteiger partial charge in [0.25, 0.3) is 0 Å². The normalized spacial score (nSPS) is 11.4. The topological polar surface area (TPSA) is 75.7 Å². The summed E-state index contributed by atoms with van der Waals surface area (Å²) < 4.78 is 31.6. The van der Waals surface area contributed by atoms with Crippen molar-refractivity contribution in [2.24, 2.45) is 0 Å². The fourth-order valence-electron chi connectivity index (χ4n) is 2.34. The van der Waals surface area contributed by atoms with Gasteiger partial charge in [-0.25, -0.2) is 8.42 Å². The summed E-state index contributed by atoms with van der Waals surface area (Å²) in [4.78, 5) is 13.3. The number of carbonyl (C=O) groups excluding carboxylic acids is 1. The lowest BCUT2D eigenvalue weighted by Crippen LogP contribution is -2.38. The number of hydrogen-bond donors (Lipinski definition) is 1. The Morgan fingerprint density at radius 2 is 1.74 bits per heavy atom. The van der Waals surface area contributed by atoms with Crippen molar-refractivity contribution < 1.29 is 17.9 Å². The first-order valence-corrected chi connectivity index (χ1v) is 11.1. The number of thioether (sulfide) groups is 1. The summed E-state index contributed by atoms with van der Waals surface area (Å²) in [6, 6.07) is 14.0. The van der Waals surface area contributed by atoms with Crippen LogP contribution in [0.3, 0.4) is 0 Å². The molecule has 0 aromatic heterocycles. The van der Waals surface area contributed by atoms with Gasteiger partial charge in [0.15, 0.2) is 0 Å². The Labute approximate surface area is 165 Å². The standard InChI is InChI=1S/C19H24N2O4S2/c1-4-25-16-7-5-15(6-8-16)13-20-19(22)14-21(2)27(23,24)18-11-9-17(26-3)10-12-18/h5-12H,4,13-14H2,1-3H3,(H,20,22). The summed E-state index contributed by atoms with van der Waals surface area (Å²) in [6.07, 6.45) is 1.92. The van der Waals surface area contributed by atoms with Crippen LogP contribution < -0.4 is 10.1 Å². The molecule has 0 saturated heterocycles. The Hall–Kier alpha value is -2.03. The maximum Gasteiger partial charge on any atom is 0.243 e. The Morgan fingerprint density at radius 3 is 2.30 bits per heavy atom. The molecule has 2 aromatic rings. The van der Waals surface area contributed by atoms with E-state index in [0.29, 0.717) is 13.2 Å². The fourth-order valence-corrected chi connectivity index (χ4v) is 3.88. The number of likely N-dealkylation sites (N-methyl/N-ethyl adjacent to an activating group) is 1. The third-order valence-corrected chi connectivity index (χ3v) is 6.42. The molecule has 0 spiro atoms. The molecule has 0 aliphatic carbocycles. The lowest BCUT2D eigenvalue weighted by molar-refractivity contribution is -0.121. The molecular weight excluding hydrogens is 384 g/mol. The van der Waals surface area contributed by atoms with Crippen molar-refractivity contribution in [2.75, 3.05) is 26.5 Å². The predicted octanol–water partition coefficient (Wildman–Crippen LogP) is 2.74. The lowest BCUT2D eigenvalue weighted by atomic mass is 10.2. The van der Waals surface area contributed by atoms with E-state index in [4.69, 9.17) is 4.74 Å². The fraction of sp³-hybridized carbons (Fsp3) is 0.316. The molecule has 0 atom stereocenters. The predicted molar refractivity (Wildman–Crippen MR) is 107 cm³/mol. The maximum atomic E-state index is 12.6. The van der Waals surface area contributed by atoms with Crippen molar-refractivity contribution in [3.63, 3.8) is 0 Å². The minimum atomic E-state index is -3.71. The number of benzene rings is 2. The highest BCUT2D eigenvalue weighted by atomic mass is 32.2. The van der Waals surface area contributed by atoms with Crippen molar-refractivity contribution in [3.8, 4) is 5.75 Å². The van der Waals surface area contributed by atoms with E-state index in [9.17, 15) is 13.2 Å². The zero-order valence-electron chi connectivity index (χ0n) is 15.6. The highest BCUT2D eigenvalue weighted by Gasteiger charge is 2.22. The Kier molecular flexibility index (Phi) is 7.70. The first-order valence-electron chi connectivity index (χ1n) is 8.45. The summed E-state index contributed by atoms with van der Waals surface area (Å²) in [5.41, 5.74) is 0.907.